The molecule has 0 aliphatic rings. The number of rotatable bonds is 16. The lowest BCUT2D eigenvalue weighted by atomic mass is 10.3. The molecule has 0 heterocycles. The van der Waals surface area contributed by atoms with Gasteiger partial charge in [0.05, 0.1) is 0 Å². The van der Waals surface area contributed by atoms with Crippen LogP contribution in [-0.2, 0) is 0 Å². The largest absolute Gasteiger partial charge is 0.308 e. The van der Waals surface area contributed by atoms with Gasteiger partial charge >= 0.3 is 0 Å². The van der Waals surface area contributed by atoms with E-state index in [0.717, 1.165) is 52.4 Å². The maximum atomic E-state index is 2.62. The first-order valence-electron chi connectivity index (χ1n) is 9.74. The molecule has 0 aliphatic heterocycles. The highest BCUT2D eigenvalue weighted by Gasteiger charge is 2.10. The topological polar surface area (TPSA) is 19.4 Å². The molecule has 6 nitrogen and oxygen atoms in total. The van der Waals surface area contributed by atoms with Gasteiger partial charge in [-0.25, -0.2) is 0 Å². The Labute approximate surface area is 158 Å². The Morgan fingerprint density at radius 3 is 0.760 bits per heavy atom. The first-order chi connectivity index (χ1) is 11.7. The van der Waals surface area contributed by atoms with Crippen LogP contribution >= 0.6 is 0 Å². The van der Waals surface area contributed by atoms with Crippen LogP contribution in [0.25, 0.3) is 0 Å². The summed E-state index contributed by atoms with van der Waals surface area (Å²) >= 11 is 0. The first kappa shape index (κ1) is 24.8. The van der Waals surface area contributed by atoms with Gasteiger partial charge in [-0.3, -0.25) is 0 Å². The van der Waals surface area contributed by atoms with Gasteiger partial charge in [0.15, 0.2) is 0 Å². The average Bonchev–Trinajstić information content (AvgIpc) is 2.50. The van der Waals surface area contributed by atoms with Crippen LogP contribution in [0.3, 0.4) is 0 Å². The zero-order chi connectivity index (χ0) is 19.2. The van der Waals surface area contributed by atoms with Crippen molar-refractivity contribution in [2.45, 2.75) is 6.42 Å². The fraction of sp³-hybridized carbons (Fsp3) is 1.00. The molecule has 0 rings (SSSR count). The maximum Gasteiger partial charge on any atom is 0.0110 e. The molecule has 0 amide bonds. The molecule has 6 heteroatoms. The van der Waals surface area contributed by atoms with Crippen LogP contribution in [0.5, 0.6) is 0 Å². The van der Waals surface area contributed by atoms with E-state index in [1.807, 2.05) is 0 Å². The van der Waals surface area contributed by atoms with Gasteiger partial charge in [0, 0.05) is 52.4 Å². The minimum atomic E-state index is 1.14. The fourth-order valence-corrected chi connectivity index (χ4v) is 2.55. The van der Waals surface area contributed by atoms with Gasteiger partial charge < -0.3 is 29.4 Å². The predicted octanol–water partition coefficient (Wildman–Crippen LogP) is 0.227. The fourth-order valence-electron chi connectivity index (χ4n) is 2.55. The summed E-state index contributed by atoms with van der Waals surface area (Å²) in [6, 6.07) is 0. The number of hydrogen-bond acceptors (Lipinski definition) is 6. The van der Waals surface area contributed by atoms with Crippen LogP contribution in [-0.4, -0.2) is 151 Å². The summed E-state index contributed by atoms with van der Waals surface area (Å²) in [4.78, 5) is 14.4. The van der Waals surface area contributed by atoms with Crippen molar-refractivity contribution in [2.24, 2.45) is 0 Å². The van der Waals surface area contributed by atoms with Gasteiger partial charge in [-0.2, -0.15) is 0 Å². The second-order valence-corrected chi connectivity index (χ2v) is 8.25. The highest BCUT2D eigenvalue weighted by Crippen LogP contribution is 1.98. The van der Waals surface area contributed by atoms with Gasteiger partial charge in [-0.05, 0) is 75.9 Å². The van der Waals surface area contributed by atoms with Crippen LogP contribution in [0.4, 0.5) is 0 Å². The highest BCUT2D eigenvalue weighted by molar-refractivity contribution is 4.66. The lowest BCUT2D eigenvalue weighted by molar-refractivity contribution is 0.185. The van der Waals surface area contributed by atoms with Crippen molar-refractivity contribution in [2.75, 3.05) is 122 Å². The van der Waals surface area contributed by atoms with Crippen molar-refractivity contribution in [3.63, 3.8) is 0 Å². The quantitative estimate of drug-likeness (QED) is 0.391. The smallest absolute Gasteiger partial charge is 0.0110 e. The van der Waals surface area contributed by atoms with Crippen LogP contribution in [0.2, 0.25) is 0 Å². The van der Waals surface area contributed by atoms with Crippen molar-refractivity contribution < 1.29 is 0 Å². The lowest BCUT2D eigenvalue weighted by Crippen LogP contribution is -2.40. The predicted molar refractivity (Wildman–Crippen MR) is 112 cm³/mol. The Bertz CT molecular complexity index is 242. The molecule has 0 unspecified atom stereocenters. The normalized spacial score (nSPS) is 12.7. The molecule has 0 N–H and O–H groups in total. The monoisotopic (exact) mass is 358 g/mol. The molecule has 0 saturated heterocycles. The van der Waals surface area contributed by atoms with Crippen LogP contribution < -0.4 is 0 Å². The van der Waals surface area contributed by atoms with E-state index in [-0.39, 0.29) is 0 Å². The minimum Gasteiger partial charge on any atom is -0.308 e. The number of likely N-dealkylation sites (N-methyl/N-ethyl adjacent to an activating group) is 4. The summed E-state index contributed by atoms with van der Waals surface area (Å²) in [5, 5.41) is 0. The standard InChI is InChI=1S/C19H46N6/c1-20(2)12-16-24(17-13-21(3)4)10-9-11-25(18-14-22(5)6)19-15-23(7)8/h9-19H2,1-8H3. The SMILES string of the molecule is CN(C)CCN(CCCN(CCN(C)C)CCN(C)C)CCN(C)C. The molecule has 152 valence electrons. The third-order valence-electron chi connectivity index (χ3n) is 4.40. The molecule has 0 aromatic carbocycles. The highest BCUT2D eigenvalue weighted by atomic mass is 15.2. The van der Waals surface area contributed by atoms with Gasteiger partial charge in [-0.1, -0.05) is 0 Å². The Balaban J connectivity index is 4.31. The van der Waals surface area contributed by atoms with E-state index in [1.54, 1.807) is 0 Å². The summed E-state index contributed by atoms with van der Waals surface area (Å²) in [7, 11) is 17.3. The van der Waals surface area contributed by atoms with E-state index in [9.17, 15) is 0 Å². The van der Waals surface area contributed by atoms with Crippen molar-refractivity contribution in [1.29, 1.82) is 0 Å². The van der Waals surface area contributed by atoms with Crippen LogP contribution in [0, 0.1) is 0 Å². The first-order valence-corrected chi connectivity index (χ1v) is 9.74. The molecule has 0 fully saturated rings. The summed E-state index contributed by atoms with van der Waals surface area (Å²) in [6.07, 6.45) is 1.25. The second-order valence-electron chi connectivity index (χ2n) is 8.25. The second kappa shape index (κ2) is 14.9. The Morgan fingerprint density at radius 2 is 0.560 bits per heavy atom. The Kier molecular flexibility index (Phi) is 14.7. The van der Waals surface area contributed by atoms with E-state index < -0.39 is 0 Å². The van der Waals surface area contributed by atoms with Crippen molar-refractivity contribution >= 4 is 0 Å². The molecular weight excluding hydrogens is 312 g/mol. The molecule has 0 spiro atoms. The minimum absolute atomic E-state index is 1.14. The van der Waals surface area contributed by atoms with Gasteiger partial charge in [0.2, 0.25) is 0 Å². The molecule has 0 saturated carbocycles. The zero-order valence-corrected chi connectivity index (χ0v) is 18.5. The molecule has 0 radical (unpaired) electrons. The third-order valence-corrected chi connectivity index (χ3v) is 4.40. The molecular formula is C19H46N6. The van der Waals surface area contributed by atoms with E-state index in [4.69, 9.17) is 0 Å². The van der Waals surface area contributed by atoms with E-state index >= 15 is 0 Å². The molecule has 0 aromatic heterocycles. The van der Waals surface area contributed by atoms with E-state index in [0.29, 0.717) is 0 Å². The number of hydrogen-bond donors (Lipinski definition) is 0. The molecule has 0 bridgehead atoms. The Morgan fingerprint density at radius 1 is 0.320 bits per heavy atom. The van der Waals surface area contributed by atoms with E-state index in [2.05, 4.69) is 85.8 Å². The molecule has 0 atom stereocenters. The number of nitrogens with zero attached hydrogens (tertiary/aromatic N) is 6. The Hall–Kier alpha value is -0.240. The average molecular weight is 359 g/mol. The van der Waals surface area contributed by atoms with Crippen molar-refractivity contribution in [1.82, 2.24) is 29.4 Å². The summed E-state index contributed by atoms with van der Waals surface area (Å²) in [5.41, 5.74) is 0. The maximum absolute atomic E-state index is 2.62. The van der Waals surface area contributed by atoms with Crippen molar-refractivity contribution in [3.05, 3.63) is 0 Å². The van der Waals surface area contributed by atoms with Crippen molar-refractivity contribution in [3.8, 4) is 0 Å². The zero-order valence-electron chi connectivity index (χ0n) is 18.5. The molecule has 0 aliphatic carbocycles. The third kappa shape index (κ3) is 17.0. The molecule has 0 aromatic rings. The van der Waals surface area contributed by atoms with Gasteiger partial charge in [0.25, 0.3) is 0 Å². The van der Waals surface area contributed by atoms with Gasteiger partial charge in [0.1, 0.15) is 0 Å². The van der Waals surface area contributed by atoms with E-state index in [1.165, 1.54) is 19.5 Å². The lowest BCUT2D eigenvalue weighted by Gasteiger charge is -2.28. The van der Waals surface area contributed by atoms with Crippen LogP contribution in [0.1, 0.15) is 6.42 Å². The molecule has 25 heavy (non-hydrogen) atoms. The summed E-state index contributed by atoms with van der Waals surface area (Å²) in [5.74, 6) is 0. The summed E-state index contributed by atoms with van der Waals surface area (Å²) < 4.78 is 0. The summed E-state index contributed by atoms with van der Waals surface area (Å²) in [6.45, 7) is 11.6. The van der Waals surface area contributed by atoms with Gasteiger partial charge in [-0.15, -0.1) is 0 Å². The van der Waals surface area contributed by atoms with Crippen LogP contribution in [0.15, 0.2) is 0 Å².